The van der Waals surface area contributed by atoms with E-state index in [1.807, 2.05) is 0 Å². The van der Waals surface area contributed by atoms with Crippen molar-refractivity contribution in [2.75, 3.05) is 6.54 Å². The number of hydrogen-bond donors (Lipinski definition) is 1. The zero-order valence-electron chi connectivity index (χ0n) is 13.1. The van der Waals surface area contributed by atoms with Crippen molar-refractivity contribution >= 4 is 15.9 Å². The molecule has 3 rings (SSSR count). The number of benzene rings is 1. The Labute approximate surface area is 136 Å². The van der Waals surface area contributed by atoms with Crippen LogP contribution in [0.5, 0.6) is 5.75 Å². The summed E-state index contributed by atoms with van der Waals surface area (Å²) >= 11 is 3.65. The first-order chi connectivity index (χ1) is 10.2. The van der Waals surface area contributed by atoms with Gasteiger partial charge in [-0.2, -0.15) is 0 Å². The fraction of sp³-hybridized carbons (Fsp3) is 0.667. The Morgan fingerprint density at radius 2 is 2.05 bits per heavy atom. The molecule has 2 atom stereocenters. The second kappa shape index (κ2) is 6.29. The van der Waals surface area contributed by atoms with E-state index in [2.05, 4.69) is 53.3 Å². The smallest absolute Gasteiger partial charge is 0.133 e. The van der Waals surface area contributed by atoms with Crippen molar-refractivity contribution in [2.24, 2.45) is 5.41 Å². The molecule has 2 nitrogen and oxygen atoms in total. The fourth-order valence-corrected chi connectivity index (χ4v) is 4.77. The second-order valence-corrected chi connectivity index (χ2v) is 7.53. The molecule has 0 amide bonds. The van der Waals surface area contributed by atoms with Gasteiger partial charge in [-0.05, 0) is 59.9 Å². The minimum Gasteiger partial charge on any atom is -0.489 e. The van der Waals surface area contributed by atoms with Crippen molar-refractivity contribution in [1.82, 2.24) is 5.32 Å². The first-order valence-corrected chi connectivity index (χ1v) is 9.11. The summed E-state index contributed by atoms with van der Waals surface area (Å²) in [7, 11) is 0. The largest absolute Gasteiger partial charge is 0.489 e. The van der Waals surface area contributed by atoms with Crippen LogP contribution in [0.3, 0.4) is 0 Å². The van der Waals surface area contributed by atoms with Gasteiger partial charge in [-0.1, -0.05) is 32.3 Å². The summed E-state index contributed by atoms with van der Waals surface area (Å²) in [5.74, 6) is 1.01. The van der Waals surface area contributed by atoms with E-state index in [1.165, 1.54) is 37.7 Å². The predicted octanol–water partition coefficient (Wildman–Crippen LogP) is 4.84. The highest BCUT2D eigenvalue weighted by Crippen LogP contribution is 2.53. The standard InChI is InChI=1S/C18H26BrNO/c1-3-20-16-12-17(18(16)9-5-4-6-10-18)21-15-8-7-13(2)11-14(15)19/h7-8,11,16-17,20H,3-6,9-10,12H2,1-2H3. The Morgan fingerprint density at radius 1 is 1.29 bits per heavy atom. The summed E-state index contributed by atoms with van der Waals surface area (Å²) in [4.78, 5) is 0. The zero-order valence-corrected chi connectivity index (χ0v) is 14.7. The van der Waals surface area contributed by atoms with Gasteiger partial charge in [0, 0.05) is 17.9 Å². The number of ether oxygens (including phenoxy) is 1. The van der Waals surface area contributed by atoms with E-state index in [9.17, 15) is 0 Å². The molecule has 1 spiro atoms. The molecular weight excluding hydrogens is 326 g/mol. The molecule has 0 saturated heterocycles. The van der Waals surface area contributed by atoms with Crippen molar-refractivity contribution in [3.05, 3.63) is 28.2 Å². The molecular formula is C18H26BrNO. The van der Waals surface area contributed by atoms with Gasteiger partial charge in [-0.3, -0.25) is 0 Å². The zero-order chi connectivity index (χ0) is 14.9. The lowest BCUT2D eigenvalue weighted by Crippen LogP contribution is -2.65. The summed E-state index contributed by atoms with van der Waals surface area (Å²) in [6.45, 7) is 5.39. The van der Waals surface area contributed by atoms with Crippen molar-refractivity contribution < 1.29 is 4.74 Å². The van der Waals surface area contributed by atoms with Crippen LogP contribution >= 0.6 is 15.9 Å². The van der Waals surface area contributed by atoms with Crippen molar-refractivity contribution in [3.63, 3.8) is 0 Å². The van der Waals surface area contributed by atoms with E-state index in [0.717, 1.165) is 23.2 Å². The molecule has 1 N–H and O–H groups in total. The highest BCUT2D eigenvalue weighted by molar-refractivity contribution is 9.10. The molecule has 1 aromatic carbocycles. The monoisotopic (exact) mass is 351 g/mol. The van der Waals surface area contributed by atoms with Gasteiger partial charge >= 0.3 is 0 Å². The van der Waals surface area contributed by atoms with Crippen LogP contribution in [0.2, 0.25) is 0 Å². The lowest BCUT2D eigenvalue weighted by molar-refractivity contribution is -0.102. The van der Waals surface area contributed by atoms with E-state index >= 15 is 0 Å². The lowest BCUT2D eigenvalue weighted by atomic mass is 9.55. The maximum absolute atomic E-state index is 6.42. The normalized spacial score (nSPS) is 27.4. The third kappa shape index (κ3) is 2.87. The molecule has 2 saturated carbocycles. The predicted molar refractivity (Wildman–Crippen MR) is 90.9 cm³/mol. The summed E-state index contributed by atoms with van der Waals surface area (Å²) in [6, 6.07) is 7.03. The van der Waals surface area contributed by atoms with Crippen LogP contribution in [0, 0.1) is 12.3 Å². The molecule has 0 heterocycles. The van der Waals surface area contributed by atoms with Crippen LogP contribution in [0.4, 0.5) is 0 Å². The number of nitrogens with one attached hydrogen (secondary N) is 1. The van der Waals surface area contributed by atoms with E-state index < -0.39 is 0 Å². The average molecular weight is 352 g/mol. The number of aryl methyl sites for hydroxylation is 1. The van der Waals surface area contributed by atoms with Crippen LogP contribution < -0.4 is 10.1 Å². The molecule has 2 aliphatic rings. The molecule has 0 aromatic heterocycles. The minimum absolute atomic E-state index is 0.374. The number of halogens is 1. The Hall–Kier alpha value is -0.540. The summed E-state index contributed by atoms with van der Waals surface area (Å²) < 4.78 is 7.50. The summed E-state index contributed by atoms with van der Waals surface area (Å²) in [6.07, 6.45) is 8.27. The first-order valence-electron chi connectivity index (χ1n) is 8.32. The maximum Gasteiger partial charge on any atom is 0.133 e. The van der Waals surface area contributed by atoms with E-state index in [0.29, 0.717) is 17.6 Å². The summed E-state index contributed by atoms with van der Waals surface area (Å²) in [5.41, 5.74) is 1.64. The fourth-order valence-electron chi connectivity index (χ4n) is 4.18. The van der Waals surface area contributed by atoms with Gasteiger partial charge in [0.15, 0.2) is 0 Å². The van der Waals surface area contributed by atoms with E-state index in [-0.39, 0.29) is 0 Å². The van der Waals surface area contributed by atoms with Crippen LogP contribution in [-0.2, 0) is 0 Å². The lowest BCUT2D eigenvalue weighted by Gasteiger charge is -2.57. The maximum atomic E-state index is 6.42. The summed E-state index contributed by atoms with van der Waals surface area (Å²) in [5, 5.41) is 3.69. The molecule has 0 aliphatic heterocycles. The Bertz CT molecular complexity index is 496. The third-order valence-corrected chi connectivity index (χ3v) is 6.00. The Balaban J connectivity index is 1.75. The topological polar surface area (TPSA) is 21.3 Å². The molecule has 21 heavy (non-hydrogen) atoms. The van der Waals surface area contributed by atoms with E-state index in [4.69, 9.17) is 4.74 Å². The van der Waals surface area contributed by atoms with Gasteiger partial charge in [-0.25, -0.2) is 0 Å². The Kier molecular flexibility index (Phi) is 4.60. The average Bonchev–Trinajstić information content (AvgIpc) is 2.49. The molecule has 2 unspecified atom stereocenters. The molecule has 2 aliphatic carbocycles. The van der Waals surface area contributed by atoms with Crippen LogP contribution in [0.1, 0.15) is 51.0 Å². The first kappa shape index (κ1) is 15.4. The van der Waals surface area contributed by atoms with Gasteiger partial charge in [0.2, 0.25) is 0 Å². The molecule has 1 aromatic rings. The van der Waals surface area contributed by atoms with Crippen LogP contribution in [-0.4, -0.2) is 18.7 Å². The minimum atomic E-state index is 0.374. The number of hydrogen-bond acceptors (Lipinski definition) is 2. The molecule has 116 valence electrons. The van der Waals surface area contributed by atoms with Crippen molar-refractivity contribution in [3.8, 4) is 5.75 Å². The molecule has 0 bridgehead atoms. The van der Waals surface area contributed by atoms with Gasteiger partial charge in [-0.15, -0.1) is 0 Å². The molecule has 0 radical (unpaired) electrons. The highest BCUT2D eigenvalue weighted by Gasteiger charge is 2.56. The SMILES string of the molecule is CCNC1CC(Oc2ccc(C)cc2Br)C12CCCCC2. The molecule has 3 heteroatoms. The number of rotatable bonds is 4. The van der Waals surface area contributed by atoms with Gasteiger partial charge < -0.3 is 10.1 Å². The molecule has 2 fully saturated rings. The Morgan fingerprint density at radius 3 is 2.71 bits per heavy atom. The van der Waals surface area contributed by atoms with Gasteiger partial charge in [0.1, 0.15) is 11.9 Å². The highest BCUT2D eigenvalue weighted by atomic mass is 79.9. The van der Waals surface area contributed by atoms with Crippen LogP contribution in [0.25, 0.3) is 0 Å². The van der Waals surface area contributed by atoms with Crippen molar-refractivity contribution in [2.45, 2.75) is 64.5 Å². The van der Waals surface area contributed by atoms with E-state index in [1.54, 1.807) is 0 Å². The third-order valence-electron chi connectivity index (χ3n) is 5.38. The van der Waals surface area contributed by atoms with Gasteiger partial charge in [0.25, 0.3) is 0 Å². The van der Waals surface area contributed by atoms with Gasteiger partial charge in [0.05, 0.1) is 4.47 Å². The van der Waals surface area contributed by atoms with Crippen LogP contribution in [0.15, 0.2) is 22.7 Å². The quantitative estimate of drug-likeness (QED) is 0.837. The van der Waals surface area contributed by atoms with Crippen molar-refractivity contribution in [1.29, 1.82) is 0 Å². The second-order valence-electron chi connectivity index (χ2n) is 6.68.